The molecule has 1 aromatic heterocycles. The summed E-state index contributed by atoms with van der Waals surface area (Å²) in [6.45, 7) is 2.97. The van der Waals surface area contributed by atoms with Crippen molar-refractivity contribution in [1.29, 1.82) is 0 Å². The highest BCUT2D eigenvalue weighted by molar-refractivity contribution is 6.17. The van der Waals surface area contributed by atoms with Gasteiger partial charge >= 0.3 is 5.97 Å². The van der Waals surface area contributed by atoms with Crippen molar-refractivity contribution in [2.24, 2.45) is 0 Å². The van der Waals surface area contributed by atoms with Crippen LogP contribution >= 0.6 is 11.6 Å². The lowest BCUT2D eigenvalue weighted by molar-refractivity contribution is 0.0501. The number of ether oxygens (including phenoxy) is 1. The standard InChI is InChI=1S/C30H30ClN3O3/c1-20-13-16-34(28-7-3-2-6-27(28)33-20)29(35)23-8-10-24(21-9-11-26-22(18-21)12-15-32-26)25(19-23)30(36)37-17-5-4-14-31/h2-3,6-12,15,18-20,32-33H,4-5,13-14,16-17H2,1H3/t20-/m0/s1. The number of hydrogen-bond donors (Lipinski definition) is 2. The number of nitrogens with zero attached hydrogens (tertiary/aromatic N) is 1. The highest BCUT2D eigenvalue weighted by Crippen LogP contribution is 2.33. The normalized spacial score (nSPS) is 15.1. The van der Waals surface area contributed by atoms with Gasteiger partial charge in [-0.2, -0.15) is 0 Å². The summed E-state index contributed by atoms with van der Waals surface area (Å²) in [6.07, 6.45) is 4.15. The molecule has 190 valence electrons. The molecule has 0 spiro atoms. The predicted molar refractivity (Wildman–Crippen MR) is 150 cm³/mol. The van der Waals surface area contributed by atoms with Crippen molar-refractivity contribution in [1.82, 2.24) is 4.98 Å². The third-order valence-electron chi connectivity index (χ3n) is 6.74. The summed E-state index contributed by atoms with van der Waals surface area (Å²) in [7, 11) is 0. The Hall–Kier alpha value is -3.77. The van der Waals surface area contributed by atoms with E-state index in [1.165, 1.54) is 0 Å². The summed E-state index contributed by atoms with van der Waals surface area (Å²) in [4.78, 5) is 32.1. The molecule has 0 aliphatic carbocycles. The number of rotatable bonds is 7. The first-order valence-corrected chi connectivity index (χ1v) is 13.2. The van der Waals surface area contributed by atoms with Gasteiger partial charge in [-0.15, -0.1) is 11.6 Å². The summed E-state index contributed by atoms with van der Waals surface area (Å²) >= 11 is 5.77. The van der Waals surface area contributed by atoms with E-state index >= 15 is 0 Å². The van der Waals surface area contributed by atoms with E-state index in [0.717, 1.165) is 46.2 Å². The number of halogens is 1. The van der Waals surface area contributed by atoms with Gasteiger partial charge in [-0.3, -0.25) is 4.79 Å². The lowest BCUT2D eigenvalue weighted by Crippen LogP contribution is -2.32. The first-order valence-electron chi connectivity index (χ1n) is 12.7. The van der Waals surface area contributed by atoms with E-state index in [-0.39, 0.29) is 18.6 Å². The van der Waals surface area contributed by atoms with Gasteiger partial charge in [-0.05, 0) is 85.2 Å². The van der Waals surface area contributed by atoms with E-state index in [2.05, 4.69) is 17.2 Å². The first-order chi connectivity index (χ1) is 18.0. The van der Waals surface area contributed by atoms with Crippen molar-refractivity contribution in [2.45, 2.75) is 32.2 Å². The summed E-state index contributed by atoms with van der Waals surface area (Å²) in [6, 6.07) is 21.4. The summed E-state index contributed by atoms with van der Waals surface area (Å²) in [5.41, 5.74) is 5.22. The molecule has 2 heterocycles. The van der Waals surface area contributed by atoms with Gasteiger partial charge in [-0.1, -0.05) is 24.3 Å². The Kier molecular flexibility index (Phi) is 7.47. The zero-order chi connectivity index (χ0) is 25.8. The molecule has 7 heteroatoms. The van der Waals surface area contributed by atoms with Crippen LogP contribution < -0.4 is 10.2 Å². The fourth-order valence-corrected chi connectivity index (χ4v) is 4.93. The van der Waals surface area contributed by atoms with Crippen LogP contribution in [0.3, 0.4) is 0 Å². The highest BCUT2D eigenvalue weighted by Gasteiger charge is 2.26. The number of aromatic amines is 1. The molecule has 1 atom stereocenters. The van der Waals surface area contributed by atoms with Crippen LogP contribution in [0.15, 0.2) is 72.9 Å². The molecule has 0 fully saturated rings. The highest BCUT2D eigenvalue weighted by atomic mass is 35.5. The fourth-order valence-electron chi connectivity index (χ4n) is 4.74. The van der Waals surface area contributed by atoms with Crippen LogP contribution in [-0.4, -0.2) is 41.9 Å². The van der Waals surface area contributed by atoms with Gasteiger partial charge in [0.1, 0.15) is 0 Å². The monoisotopic (exact) mass is 515 g/mol. The number of amides is 1. The van der Waals surface area contributed by atoms with Crippen LogP contribution in [-0.2, 0) is 4.74 Å². The number of alkyl halides is 1. The Morgan fingerprint density at radius 2 is 1.92 bits per heavy atom. The van der Waals surface area contributed by atoms with Gasteiger partial charge in [-0.25, -0.2) is 4.79 Å². The number of unbranched alkanes of at least 4 members (excludes halogenated alkanes) is 1. The van der Waals surface area contributed by atoms with Crippen molar-refractivity contribution in [3.63, 3.8) is 0 Å². The molecule has 6 nitrogen and oxygen atoms in total. The molecule has 4 aromatic rings. The Bertz CT molecular complexity index is 1430. The molecule has 1 aliphatic heterocycles. The minimum absolute atomic E-state index is 0.146. The maximum Gasteiger partial charge on any atom is 0.338 e. The molecule has 0 unspecified atom stereocenters. The molecule has 0 bridgehead atoms. The number of carbonyl (C=O) groups is 2. The van der Waals surface area contributed by atoms with Crippen LogP contribution in [0.4, 0.5) is 11.4 Å². The molecule has 1 aliphatic rings. The van der Waals surface area contributed by atoms with Crippen molar-refractivity contribution < 1.29 is 14.3 Å². The lowest BCUT2D eigenvalue weighted by Gasteiger charge is -2.23. The zero-order valence-electron chi connectivity index (χ0n) is 20.8. The Morgan fingerprint density at radius 1 is 1.05 bits per heavy atom. The van der Waals surface area contributed by atoms with Gasteiger partial charge < -0.3 is 19.9 Å². The molecule has 37 heavy (non-hydrogen) atoms. The summed E-state index contributed by atoms with van der Waals surface area (Å²) < 4.78 is 5.60. The third kappa shape index (κ3) is 5.35. The number of benzene rings is 3. The van der Waals surface area contributed by atoms with E-state index < -0.39 is 5.97 Å². The molecular weight excluding hydrogens is 486 g/mol. The number of carbonyl (C=O) groups excluding carboxylic acids is 2. The Morgan fingerprint density at radius 3 is 2.78 bits per heavy atom. The second-order valence-corrected chi connectivity index (χ2v) is 9.76. The van der Waals surface area contributed by atoms with Crippen LogP contribution in [0.5, 0.6) is 0 Å². The van der Waals surface area contributed by atoms with E-state index in [9.17, 15) is 9.59 Å². The van der Waals surface area contributed by atoms with E-state index in [0.29, 0.717) is 30.0 Å². The fraction of sp³-hybridized carbons (Fsp3) is 0.267. The summed E-state index contributed by atoms with van der Waals surface area (Å²) in [5, 5.41) is 4.53. The maximum atomic E-state index is 13.8. The van der Waals surface area contributed by atoms with Crippen LogP contribution in [0.25, 0.3) is 22.0 Å². The smallest absolute Gasteiger partial charge is 0.338 e. The second kappa shape index (κ2) is 11.1. The van der Waals surface area contributed by atoms with Gasteiger partial charge in [0, 0.05) is 35.7 Å². The molecule has 0 saturated heterocycles. The molecule has 5 rings (SSSR count). The van der Waals surface area contributed by atoms with Crippen LogP contribution in [0.1, 0.15) is 46.9 Å². The Balaban J connectivity index is 1.52. The largest absolute Gasteiger partial charge is 0.462 e. The number of H-pyrrole nitrogens is 1. The SMILES string of the molecule is C[C@H]1CCN(C(=O)c2ccc(-c3ccc4[nH]ccc4c3)c(C(=O)OCCCCCl)c2)c2ccccc2N1. The average Bonchev–Trinajstić information content (AvgIpc) is 3.32. The van der Waals surface area contributed by atoms with Crippen molar-refractivity contribution in [3.8, 4) is 11.1 Å². The first kappa shape index (κ1) is 24.9. The van der Waals surface area contributed by atoms with E-state index in [1.54, 1.807) is 17.0 Å². The van der Waals surface area contributed by atoms with Gasteiger partial charge in [0.2, 0.25) is 0 Å². The zero-order valence-corrected chi connectivity index (χ0v) is 21.6. The number of anilines is 2. The summed E-state index contributed by atoms with van der Waals surface area (Å²) in [5.74, 6) is -0.0686. The van der Waals surface area contributed by atoms with Gasteiger partial charge in [0.15, 0.2) is 0 Å². The number of hydrogen-bond acceptors (Lipinski definition) is 4. The van der Waals surface area contributed by atoms with E-state index in [4.69, 9.17) is 16.3 Å². The van der Waals surface area contributed by atoms with Crippen molar-refractivity contribution in [2.75, 3.05) is 29.2 Å². The number of para-hydroxylation sites is 2. The molecule has 3 aromatic carbocycles. The average molecular weight is 516 g/mol. The molecule has 1 amide bonds. The molecule has 2 N–H and O–H groups in total. The van der Waals surface area contributed by atoms with Crippen molar-refractivity contribution >= 4 is 45.8 Å². The number of fused-ring (bicyclic) bond motifs is 2. The van der Waals surface area contributed by atoms with Crippen molar-refractivity contribution in [3.05, 3.63) is 84.1 Å². The second-order valence-electron chi connectivity index (χ2n) is 9.38. The van der Waals surface area contributed by atoms with Gasteiger partial charge in [0.25, 0.3) is 5.91 Å². The number of nitrogens with one attached hydrogen (secondary N) is 2. The van der Waals surface area contributed by atoms with Crippen LogP contribution in [0.2, 0.25) is 0 Å². The van der Waals surface area contributed by atoms with Crippen LogP contribution in [0, 0.1) is 0 Å². The topological polar surface area (TPSA) is 74.4 Å². The third-order valence-corrected chi connectivity index (χ3v) is 7.01. The lowest BCUT2D eigenvalue weighted by atomic mass is 9.96. The molecule has 0 saturated carbocycles. The quantitative estimate of drug-likeness (QED) is 0.160. The predicted octanol–water partition coefficient (Wildman–Crippen LogP) is 6.86. The number of aromatic nitrogens is 1. The Labute approximate surface area is 221 Å². The van der Waals surface area contributed by atoms with Gasteiger partial charge in [0.05, 0.1) is 23.5 Å². The van der Waals surface area contributed by atoms with E-state index in [1.807, 2.05) is 60.8 Å². The maximum absolute atomic E-state index is 13.8. The molecular formula is C30H30ClN3O3. The minimum Gasteiger partial charge on any atom is -0.462 e. The number of esters is 1. The minimum atomic E-state index is -0.444. The molecule has 0 radical (unpaired) electrons.